The lowest BCUT2D eigenvalue weighted by Crippen LogP contribution is -2.40. The molecule has 0 aliphatic rings. The van der Waals surface area contributed by atoms with Crippen LogP contribution in [0.15, 0.2) is 48.5 Å². The number of rotatable bonds is 3. The van der Waals surface area contributed by atoms with Crippen molar-refractivity contribution in [3.8, 4) is 0 Å². The van der Waals surface area contributed by atoms with Crippen molar-refractivity contribution in [1.29, 1.82) is 0 Å². The summed E-state index contributed by atoms with van der Waals surface area (Å²) in [5.74, 6) is -0.446. The third-order valence-electron chi connectivity index (χ3n) is 3.22. The molecule has 0 saturated heterocycles. The standard InChI is InChI=1S/C19H22N2O2/c1-13-9-11-14(12-10-13)17(22)20-16-8-6-5-7-15(16)18(23)21-19(2,3)4/h5-12H,1-4H3,(H,20,22)(H,21,23). The molecule has 0 aliphatic heterocycles. The number of carbonyl (C=O) groups excluding carboxylic acids is 2. The molecule has 2 aromatic rings. The van der Waals surface area contributed by atoms with E-state index in [1.807, 2.05) is 39.8 Å². The summed E-state index contributed by atoms with van der Waals surface area (Å²) in [6.07, 6.45) is 0. The number of hydrogen-bond donors (Lipinski definition) is 2. The van der Waals surface area contributed by atoms with E-state index in [4.69, 9.17) is 0 Å². The van der Waals surface area contributed by atoms with Crippen LogP contribution in [0.1, 0.15) is 47.1 Å². The van der Waals surface area contributed by atoms with E-state index in [-0.39, 0.29) is 17.4 Å². The van der Waals surface area contributed by atoms with Gasteiger partial charge in [-0.1, -0.05) is 29.8 Å². The summed E-state index contributed by atoms with van der Waals surface area (Å²) in [7, 11) is 0. The van der Waals surface area contributed by atoms with Crippen molar-refractivity contribution in [3.63, 3.8) is 0 Å². The van der Waals surface area contributed by atoms with Crippen LogP contribution in [0.5, 0.6) is 0 Å². The Hall–Kier alpha value is -2.62. The number of para-hydroxylation sites is 1. The molecule has 0 aromatic heterocycles. The molecule has 23 heavy (non-hydrogen) atoms. The van der Waals surface area contributed by atoms with E-state index in [1.165, 1.54) is 0 Å². The van der Waals surface area contributed by atoms with Crippen molar-refractivity contribution in [2.24, 2.45) is 0 Å². The van der Waals surface area contributed by atoms with Gasteiger partial charge in [0.15, 0.2) is 0 Å². The topological polar surface area (TPSA) is 58.2 Å². The highest BCUT2D eigenvalue weighted by Gasteiger charge is 2.18. The predicted molar refractivity (Wildman–Crippen MR) is 92.8 cm³/mol. The van der Waals surface area contributed by atoms with Crippen LogP contribution in [0.3, 0.4) is 0 Å². The zero-order valence-electron chi connectivity index (χ0n) is 13.9. The predicted octanol–water partition coefficient (Wildman–Crippen LogP) is 3.78. The van der Waals surface area contributed by atoms with Gasteiger partial charge in [-0.3, -0.25) is 9.59 Å². The van der Waals surface area contributed by atoms with Gasteiger partial charge in [0, 0.05) is 11.1 Å². The van der Waals surface area contributed by atoms with Crippen molar-refractivity contribution < 1.29 is 9.59 Å². The lowest BCUT2D eigenvalue weighted by Gasteiger charge is -2.21. The van der Waals surface area contributed by atoms with Gasteiger partial charge in [0.1, 0.15) is 0 Å². The number of amides is 2. The van der Waals surface area contributed by atoms with Crippen LogP contribution in [-0.4, -0.2) is 17.4 Å². The van der Waals surface area contributed by atoms with Crippen LogP contribution < -0.4 is 10.6 Å². The Kier molecular flexibility index (Phi) is 4.84. The van der Waals surface area contributed by atoms with E-state index < -0.39 is 0 Å². The summed E-state index contributed by atoms with van der Waals surface area (Å²) in [6, 6.07) is 14.3. The SMILES string of the molecule is Cc1ccc(C(=O)Nc2ccccc2C(=O)NC(C)(C)C)cc1. The number of carbonyl (C=O) groups is 2. The van der Waals surface area contributed by atoms with Crippen LogP contribution in [0.4, 0.5) is 5.69 Å². The summed E-state index contributed by atoms with van der Waals surface area (Å²) in [5, 5.41) is 5.72. The minimum absolute atomic E-state index is 0.211. The molecular formula is C19H22N2O2. The smallest absolute Gasteiger partial charge is 0.255 e. The highest BCUT2D eigenvalue weighted by atomic mass is 16.2. The fourth-order valence-electron chi connectivity index (χ4n) is 2.10. The van der Waals surface area contributed by atoms with Gasteiger partial charge >= 0.3 is 0 Å². The van der Waals surface area contributed by atoms with Gasteiger partial charge < -0.3 is 10.6 Å². The van der Waals surface area contributed by atoms with Gasteiger partial charge in [-0.2, -0.15) is 0 Å². The third-order valence-corrected chi connectivity index (χ3v) is 3.22. The first-order chi connectivity index (χ1) is 10.8. The first kappa shape index (κ1) is 16.7. The molecule has 0 heterocycles. The lowest BCUT2D eigenvalue weighted by molar-refractivity contribution is 0.0920. The van der Waals surface area contributed by atoms with E-state index in [2.05, 4.69) is 10.6 Å². The third kappa shape index (κ3) is 4.68. The summed E-state index contributed by atoms with van der Waals surface area (Å²) < 4.78 is 0. The van der Waals surface area contributed by atoms with Gasteiger partial charge in [0.2, 0.25) is 0 Å². The molecule has 2 rings (SSSR count). The van der Waals surface area contributed by atoms with Gasteiger partial charge in [-0.25, -0.2) is 0 Å². The fraction of sp³-hybridized carbons (Fsp3) is 0.263. The van der Waals surface area contributed by atoms with Crippen LogP contribution in [-0.2, 0) is 0 Å². The monoisotopic (exact) mass is 310 g/mol. The molecule has 4 heteroatoms. The molecule has 4 nitrogen and oxygen atoms in total. The summed E-state index contributed by atoms with van der Waals surface area (Å²) in [5.41, 5.74) is 2.25. The second-order valence-electron chi connectivity index (χ2n) is 6.57. The Bertz CT molecular complexity index is 713. The quantitative estimate of drug-likeness (QED) is 0.906. The van der Waals surface area contributed by atoms with Crippen molar-refractivity contribution >= 4 is 17.5 Å². The van der Waals surface area contributed by atoms with Crippen molar-refractivity contribution in [2.75, 3.05) is 5.32 Å². The molecule has 2 amide bonds. The summed E-state index contributed by atoms with van der Waals surface area (Å²) in [6.45, 7) is 7.71. The van der Waals surface area contributed by atoms with Crippen LogP contribution in [0, 0.1) is 6.92 Å². The Balaban J connectivity index is 2.22. The first-order valence-corrected chi connectivity index (χ1v) is 7.56. The van der Waals surface area contributed by atoms with Crippen LogP contribution in [0.2, 0.25) is 0 Å². The second-order valence-corrected chi connectivity index (χ2v) is 6.57. The van der Waals surface area contributed by atoms with Crippen LogP contribution in [0.25, 0.3) is 0 Å². The fourth-order valence-corrected chi connectivity index (χ4v) is 2.10. The molecule has 2 N–H and O–H groups in total. The Morgan fingerprint density at radius 2 is 1.48 bits per heavy atom. The molecule has 0 aliphatic carbocycles. The normalized spacial score (nSPS) is 11.0. The number of anilines is 1. The average molecular weight is 310 g/mol. The second kappa shape index (κ2) is 6.65. The maximum atomic E-state index is 12.4. The maximum absolute atomic E-state index is 12.4. The molecule has 0 saturated carbocycles. The molecule has 0 radical (unpaired) electrons. The minimum atomic E-state index is -0.342. The maximum Gasteiger partial charge on any atom is 0.255 e. The Morgan fingerprint density at radius 1 is 0.870 bits per heavy atom. The number of hydrogen-bond acceptors (Lipinski definition) is 2. The molecule has 0 bridgehead atoms. The van der Waals surface area contributed by atoms with Gasteiger partial charge in [0.05, 0.1) is 11.3 Å². The highest BCUT2D eigenvalue weighted by molar-refractivity contribution is 6.09. The Morgan fingerprint density at radius 3 is 2.09 bits per heavy atom. The van der Waals surface area contributed by atoms with Crippen LogP contribution >= 0.6 is 0 Å². The number of aryl methyl sites for hydroxylation is 1. The molecular weight excluding hydrogens is 288 g/mol. The largest absolute Gasteiger partial charge is 0.347 e. The lowest BCUT2D eigenvalue weighted by atomic mass is 10.1. The van der Waals surface area contributed by atoms with E-state index in [9.17, 15) is 9.59 Å². The van der Waals surface area contributed by atoms with E-state index in [1.54, 1.807) is 36.4 Å². The van der Waals surface area contributed by atoms with E-state index >= 15 is 0 Å². The molecule has 0 fully saturated rings. The number of nitrogens with one attached hydrogen (secondary N) is 2. The highest BCUT2D eigenvalue weighted by Crippen LogP contribution is 2.17. The van der Waals surface area contributed by atoms with E-state index in [0.717, 1.165) is 5.56 Å². The Labute approximate surface area is 136 Å². The van der Waals surface area contributed by atoms with Gasteiger partial charge in [-0.15, -0.1) is 0 Å². The van der Waals surface area contributed by atoms with Crippen molar-refractivity contribution in [2.45, 2.75) is 33.2 Å². The van der Waals surface area contributed by atoms with Gasteiger partial charge in [0.25, 0.3) is 11.8 Å². The molecule has 120 valence electrons. The summed E-state index contributed by atoms with van der Waals surface area (Å²) in [4.78, 5) is 24.7. The van der Waals surface area contributed by atoms with Gasteiger partial charge in [-0.05, 0) is 52.0 Å². The zero-order valence-corrected chi connectivity index (χ0v) is 13.9. The minimum Gasteiger partial charge on any atom is -0.347 e. The first-order valence-electron chi connectivity index (χ1n) is 7.56. The summed E-state index contributed by atoms with van der Waals surface area (Å²) >= 11 is 0. The molecule has 0 unspecified atom stereocenters. The zero-order chi connectivity index (χ0) is 17.0. The molecule has 0 atom stereocenters. The molecule has 0 spiro atoms. The van der Waals surface area contributed by atoms with Crippen molar-refractivity contribution in [3.05, 3.63) is 65.2 Å². The number of benzene rings is 2. The molecule has 2 aromatic carbocycles. The van der Waals surface area contributed by atoms with Crippen molar-refractivity contribution in [1.82, 2.24) is 5.32 Å². The average Bonchev–Trinajstić information content (AvgIpc) is 2.46. The van der Waals surface area contributed by atoms with E-state index in [0.29, 0.717) is 16.8 Å².